The van der Waals surface area contributed by atoms with Crippen LogP contribution in [-0.2, 0) is 6.54 Å². The van der Waals surface area contributed by atoms with Crippen LogP contribution in [0.1, 0.15) is 11.3 Å². The summed E-state index contributed by atoms with van der Waals surface area (Å²) in [4.78, 5) is 4.36. The molecule has 2 heterocycles. The Morgan fingerprint density at radius 1 is 1.54 bits per heavy atom. The summed E-state index contributed by atoms with van der Waals surface area (Å²) in [6.07, 6.45) is 3.99. The maximum absolute atomic E-state index is 5.51. The van der Waals surface area contributed by atoms with Gasteiger partial charge in [0.1, 0.15) is 0 Å². The van der Waals surface area contributed by atoms with Gasteiger partial charge in [-0.3, -0.25) is 0 Å². The average molecular weight is 240 g/mol. The van der Waals surface area contributed by atoms with Crippen LogP contribution in [0.3, 0.4) is 0 Å². The third-order valence-corrected chi connectivity index (χ3v) is 2.49. The SMILES string of the molecule is Cc1cc(Br)c2nc(CN)cn2c1. The molecule has 0 aliphatic rings. The molecule has 2 rings (SSSR count). The highest BCUT2D eigenvalue weighted by Gasteiger charge is 2.03. The largest absolute Gasteiger partial charge is 0.325 e. The van der Waals surface area contributed by atoms with Crippen LogP contribution in [0.15, 0.2) is 22.9 Å². The molecule has 0 bridgehead atoms. The monoisotopic (exact) mass is 239 g/mol. The van der Waals surface area contributed by atoms with E-state index in [9.17, 15) is 0 Å². The first-order chi connectivity index (χ1) is 6.20. The number of pyridine rings is 1. The van der Waals surface area contributed by atoms with E-state index in [0.717, 1.165) is 15.8 Å². The third kappa shape index (κ3) is 1.47. The molecule has 0 radical (unpaired) electrons. The standard InChI is InChI=1S/C9H10BrN3/c1-6-2-8(10)9-12-7(3-11)5-13(9)4-6/h2,4-5H,3,11H2,1H3. The summed E-state index contributed by atoms with van der Waals surface area (Å²) in [5.74, 6) is 0. The molecule has 3 nitrogen and oxygen atoms in total. The lowest BCUT2D eigenvalue weighted by atomic mass is 10.3. The molecule has 0 aliphatic carbocycles. The van der Waals surface area contributed by atoms with E-state index in [0.29, 0.717) is 6.54 Å². The molecule has 0 saturated carbocycles. The number of fused-ring (bicyclic) bond motifs is 1. The zero-order valence-corrected chi connectivity index (χ0v) is 8.87. The van der Waals surface area contributed by atoms with Crippen LogP contribution in [0.2, 0.25) is 0 Å². The van der Waals surface area contributed by atoms with Gasteiger partial charge in [-0.05, 0) is 34.5 Å². The van der Waals surface area contributed by atoms with E-state index in [1.54, 1.807) is 0 Å². The summed E-state index contributed by atoms with van der Waals surface area (Å²) in [5.41, 5.74) is 8.54. The van der Waals surface area contributed by atoms with Crippen LogP contribution in [0.5, 0.6) is 0 Å². The van der Waals surface area contributed by atoms with Crippen molar-refractivity contribution in [3.63, 3.8) is 0 Å². The first-order valence-electron chi connectivity index (χ1n) is 4.04. The second kappa shape index (κ2) is 3.12. The molecule has 0 aromatic carbocycles. The fourth-order valence-electron chi connectivity index (χ4n) is 1.34. The van der Waals surface area contributed by atoms with Gasteiger partial charge in [-0.1, -0.05) is 0 Å². The molecule has 0 saturated heterocycles. The Hall–Kier alpha value is -0.870. The van der Waals surface area contributed by atoms with Gasteiger partial charge in [0.15, 0.2) is 5.65 Å². The first-order valence-corrected chi connectivity index (χ1v) is 4.84. The van der Waals surface area contributed by atoms with Crippen molar-refractivity contribution >= 4 is 21.6 Å². The topological polar surface area (TPSA) is 43.3 Å². The van der Waals surface area contributed by atoms with E-state index < -0.39 is 0 Å². The highest BCUT2D eigenvalue weighted by Crippen LogP contribution is 2.18. The van der Waals surface area contributed by atoms with Gasteiger partial charge in [-0.25, -0.2) is 4.98 Å². The number of hydrogen-bond donors (Lipinski definition) is 1. The van der Waals surface area contributed by atoms with Crippen LogP contribution in [-0.4, -0.2) is 9.38 Å². The molecule has 4 heteroatoms. The average Bonchev–Trinajstić information content (AvgIpc) is 2.47. The van der Waals surface area contributed by atoms with Crippen LogP contribution in [0, 0.1) is 6.92 Å². The molecule has 68 valence electrons. The lowest BCUT2D eigenvalue weighted by Gasteiger charge is -1.97. The van der Waals surface area contributed by atoms with Gasteiger partial charge in [0.2, 0.25) is 0 Å². The molecule has 0 unspecified atom stereocenters. The minimum atomic E-state index is 0.479. The number of aromatic nitrogens is 2. The van der Waals surface area contributed by atoms with Gasteiger partial charge in [-0.15, -0.1) is 0 Å². The van der Waals surface area contributed by atoms with E-state index in [1.807, 2.05) is 29.8 Å². The number of rotatable bonds is 1. The zero-order chi connectivity index (χ0) is 9.42. The minimum Gasteiger partial charge on any atom is -0.325 e. The van der Waals surface area contributed by atoms with E-state index >= 15 is 0 Å². The highest BCUT2D eigenvalue weighted by molar-refractivity contribution is 9.10. The second-order valence-electron chi connectivity index (χ2n) is 3.03. The summed E-state index contributed by atoms with van der Waals surface area (Å²) < 4.78 is 2.99. The Morgan fingerprint density at radius 3 is 3.00 bits per heavy atom. The van der Waals surface area contributed by atoms with E-state index in [4.69, 9.17) is 5.73 Å². The summed E-state index contributed by atoms with van der Waals surface area (Å²) >= 11 is 3.47. The summed E-state index contributed by atoms with van der Waals surface area (Å²) in [6.45, 7) is 2.53. The minimum absolute atomic E-state index is 0.479. The van der Waals surface area contributed by atoms with Crippen molar-refractivity contribution in [2.45, 2.75) is 13.5 Å². The van der Waals surface area contributed by atoms with Crippen molar-refractivity contribution in [1.82, 2.24) is 9.38 Å². The van der Waals surface area contributed by atoms with Gasteiger partial charge in [0.25, 0.3) is 0 Å². The Kier molecular flexibility index (Phi) is 2.09. The van der Waals surface area contributed by atoms with E-state index in [1.165, 1.54) is 5.56 Å². The molecular formula is C9H10BrN3. The molecule has 0 aliphatic heterocycles. The fourth-order valence-corrected chi connectivity index (χ4v) is 1.99. The van der Waals surface area contributed by atoms with Crippen LogP contribution < -0.4 is 5.73 Å². The lowest BCUT2D eigenvalue weighted by Crippen LogP contribution is -1.95. The molecule has 0 amide bonds. The predicted octanol–water partition coefficient (Wildman–Crippen LogP) is 1.86. The fraction of sp³-hybridized carbons (Fsp3) is 0.222. The number of halogens is 1. The number of nitrogens with zero attached hydrogens (tertiary/aromatic N) is 2. The molecule has 2 aromatic heterocycles. The molecule has 0 spiro atoms. The van der Waals surface area contributed by atoms with Crippen molar-refractivity contribution in [2.24, 2.45) is 5.73 Å². The van der Waals surface area contributed by atoms with Crippen molar-refractivity contribution in [2.75, 3.05) is 0 Å². The molecular weight excluding hydrogens is 230 g/mol. The van der Waals surface area contributed by atoms with Crippen LogP contribution in [0.25, 0.3) is 5.65 Å². The normalized spacial score (nSPS) is 11.0. The van der Waals surface area contributed by atoms with E-state index in [2.05, 4.69) is 20.9 Å². The maximum atomic E-state index is 5.51. The predicted molar refractivity (Wildman–Crippen MR) is 55.5 cm³/mol. The number of imidazole rings is 1. The molecule has 13 heavy (non-hydrogen) atoms. The Labute approximate surface area is 84.7 Å². The highest BCUT2D eigenvalue weighted by atomic mass is 79.9. The number of nitrogens with two attached hydrogens (primary N) is 1. The molecule has 0 fully saturated rings. The Balaban J connectivity index is 2.75. The summed E-state index contributed by atoms with van der Waals surface area (Å²) in [6, 6.07) is 2.04. The first kappa shape index (κ1) is 8.72. The lowest BCUT2D eigenvalue weighted by molar-refractivity contribution is 1.01. The van der Waals surface area contributed by atoms with Crippen molar-refractivity contribution in [3.8, 4) is 0 Å². The molecule has 2 aromatic rings. The van der Waals surface area contributed by atoms with Gasteiger partial charge in [0, 0.05) is 18.9 Å². The molecule has 2 N–H and O–H groups in total. The van der Waals surface area contributed by atoms with Crippen molar-refractivity contribution < 1.29 is 0 Å². The van der Waals surface area contributed by atoms with E-state index in [-0.39, 0.29) is 0 Å². The van der Waals surface area contributed by atoms with Crippen molar-refractivity contribution in [3.05, 3.63) is 34.2 Å². The summed E-state index contributed by atoms with van der Waals surface area (Å²) in [5, 5.41) is 0. The Bertz CT molecular complexity index is 447. The summed E-state index contributed by atoms with van der Waals surface area (Å²) in [7, 11) is 0. The second-order valence-corrected chi connectivity index (χ2v) is 3.89. The molecule has 0 atom stereocenters. The number of aryl methyl sites for hydroxylation is 1. The third-order valence-electron chi connectivity index (χ3n) is 1.90. The zero-order valence-electron chi connectivity index (χ0n) is 7.29. The van der Waals surface area contributed by atoms with Crippen LogP contribution in [0.4, 0.5) is 0 Å². The smallest absolute Gasteiger partial charge is 0.151 e. The maximum Gasteiger partial charge on any atom is 0.151 e. The number of hydrogen-bond acceptors (Lipinski definition) is 2. The van der Waals surface area contributed by atoms with Gasteiger partial charge in [-0.2, -0.15) is 0 Å². The van der Waals surface area contributed by atoms with Gasteiger partial charge >= 0.3 is 0 Å². The van der Waals surface area contributed by atoms with Gasteiger partial charge in [0.05, 0.1) is 10.2 Å². The van der Waals surface area contributed by atoms with Crippen LogP contribution >= 0.6 is 15.9 Å². The quantitative estimate of drug-likeness (QED) is 0.826. The Morgan fingerprint density at radius 2 is 2.31 bits per heavy atom. The van der Waals surface area contributed by atoms with Crippen molar-refractivity contribution in [1.29, 1.82) is 0 Å². The van der Waals surface area contributed by atoms with Gasteiger partial charge < -0.3 is 10.1 Å².